The maximum absolute atomic E-state index is 6.24. The highest BCUT2D eigenvalue weighted by Gasteiger charge is 2.20. The quantitative estimate of drug-likeness (QED) is 0.691. The van der Waals surface area contributed by atoms with E-state index in [1.54, 1.807) is 11.3 Å². The smallest absolute Gasteiger partial charge is 0.163 e. The Bertz CT molecular complexity index is 824. The molecule has 0 spiro atoms. The van der Waals surface area contributed by atoms with E-state index in [1.807, 2.05) is 24.3 Å². The number of halogens is 1. The van der Waals surface area contributed by atoms with Crippen molar-refractivity contribution in [1.82, 2.24) is 9.97 Å². The summed E-state index contributed by atoms with van der Waals surface area (Å²) in [6.45, 7) is 0. The van der Waals surface area contributed by atoms with Crippen molar-refractivity contribution in [3.63, 3.8) is 0 Å². The van der Waals surface area contributed by atoms with Crippen LogP contribution in [0.5, 0.6) is 0 Å². The first-order valence-corrected chi connectivity index (χ1v) is 8.67. The normalized spacial score (nSPS) is 14.3. The van der Waals surface area contributed by atoms with Crippen LogP contribution in [0.15, 0.2) is 28.7 Å². The molecule has 0 aliphatic heterocycles. The molecule has 0 fully saturated rings. The van der Waals surface area contributed by atoms with Gasteiger partial charge < -0.3 is 5.73 Å². The molecule has 1 aliphatic carbocycles. The molecule has 0 saturated carbocycles. The average molecular weight is 360 g/mol. The predicted molar refractivity (Wildman–Crippen MR) is 91.6 cm³/mol. The first-order chi connectivity index (χ1) is 10.2. The van der Waals surface area contributed by atoms with E-state index in [0.717, 1.165) is 33.1 Å². The monoisotopic (exact) mass is 359 g/mol. The number of benzene rings is 1. The number of aromatic nitrogens is 2. The molecule has 5 heteroatoms. The standard InChI is InChI=1S/C16H14BrN3S/c17-10-7-5-9(6-8-10)15-19-14(18)13-11-3-1-2-4-12(11)21-16(13)20-15/h5-8H,1-4H2,(H2,18,19,20). The summed E-state index contributed by atoms with van der Waals surface area (Å²) in [5.41, 5.74) is 8.63. The molecule has 2 aromatic heterocycles. The van der Waals surface area contributed by atoms with Gasteiger partial charge in [-0.2, -0.15) is 0 Å². The zero-order valence-corrected chi connectivity index (χ0v) is 13.8. The van der Waals surface area contributed by atoms with Gasteiger partial charge in [-0.1, -0.05) is 28.1 Å². The SMILES string of the molecule is Nc1nc(-c2ccc(Br)cc2)nc2sc3c(c12)CCCC3. The van der Waals surface area contributed by atoms with Crippen molar-refractivity contribution in [2.45, 2.75) is 25.7 Å². The van der Waals surface area contributed by atoms with Crippen molar-refractivity contribution in [3.8, 4) is 11.4 Å². The van der Waals surface area contributed by atoms with Crippen molar-refractivity contribution in [2.24, 2.45) is 0 Å². The number of hydrogen-bond acceptors (Lipinski definition) is 4. The molecular weight excluding hydrogens is 346 g/mol. The minimum atomic E-state index is 0.623. The second-order valence-corrected chi connectivity index (χ2v) is 7.33. The van der Waals surface area contributed by atoms with Crippen LogP contribution in [-0.2, 0) is 12.8 Å². The van der Waals surface area contributed by atoms with E-state index in [2.05, 4.69) is 20.9 Å². The van der Waals surface area contributed by atoms with E-state index < -0.39 is 0 Å². The summed E-state index contributed by atoms with van der Waals surface area (Å²) in [4.78, 5) is 11.8. The van der Waals surface area contributed by atoms with Gasteiger partial charge in [0.1, 0.15) is 10.6 Å². The van der Waals surface area contributed by atoms with E-state index >= 15 is 0 Å². The highest BCUT2D eigenvalue weighted by atomic mass is 79.9. The summed E-state index contributed by atoms with van der Waals surface area (Å²) in [6, 6.07) is 8.02. The van der Waals surface area contributed by atoms with Crippen molar-refractivity contribution >= 4 is 43.3 Å². The summed E-state index contributed by atoms with van der Waals surface area (Å²) in [7, 11) is 0. The third-order valence-corrected chi connectivity index (χ3v) is 5.66. The molecular formula is C16H14BrN3S. The van der Waals surface area contributed by atoms with Crippen LogP contribution in [0.4, 0.5) is 5.82 Å². The van der Waals surface area contributed by atoms with Crippen molar-refractivity contribution in [1.29, 1.82) is 0 Å². The maximum Gasteiger partial charge on any atom is 0.163 e. The van der Waals surface area contributed by atoms with Crippen LogP contribution in [0.2, 0.25) is 0 Å². The highest BCUT2D eigenvalue weighted by Crippen LogP contribution is 2.38. The van der Waals surface area contributed by atoms with Gasteiger partial charge in [0.25, 0.3) is 0 Å². The molecule has 1 aliphatic rings. The molecule has 0 amide bonds. The minimum absolute atomic E-state index is 0.623. The van der Waals surface area contributed by atoms with Gasteiger partial charge in [0.2, 0.25) is 0 Å². The molecule has 1 aromatic carbocycles. The summed E-state index contributed by atoms with van der Waals surface area (Å²) in [5, 5.41) is 1.09. The lowest BCUT2D eigenvalue weighted by atomic mass is 9.97. The van der Waals surface area contributed by atoms with Crippen LogP contribution in [0.25, 0.3) is 21.6 Å². The third-order valence-electron chi connectivity index (χ3n) is 3.95. The Hall–Kier alpha value is -1.46. The maximum atomic E-state index is 6.24. The van der Waals surface area contributed by atoms with Crippen molar-refractivity contribution < 1.29 is 0 Å². The Kier molecular flexibility index (Phi) is 3.19. The van der Waals surface area contributed by atoms with Gasteiger partial charge in [0.05, 0.1) is 5.39 Å². The Labute approximate surface area is 135 Å². The molecule has 2 heterocycles. The van der Waals surface area contributed by atoms with Crippen LogP contribution in [0.1, 0.15) is 23.3 Å². The van der Waals surface area contributed by atoms with Gasteiger partial charge >= 0.3 is 0 Å². The first kappa shape index (κ1) is 13.2. The van der Waals surface area contributed by atoms with Gasteiger partial charge in [0, 0.05) is 14.9 Å². The van der Waals surface area contributed by atoms with E-state index in [0.29, 0.717) is 11.6 Å². The molecule has 3 aromatic rings. The highest BCUT2D eigenvalue weighted by molar-refractivity contribution is 9.10. The number of rotatable bonds is 1. The van der Waals surface area contributed by atoms with Crippen LogP contribution in [0.3, 0.4) is 0 Å². The number of nitrogens with zero attached hydrogens (tertiary/aromatic N) is 2. The molecule has 0 saturated heterocycles. The van der Waals surface area contributed by atoms with Crippen LogP contribution >= 0.6 is 27.3 Å². The van der Waals surface area contributed by atoms with E-state index in [4.69, 9.17) is 10.7 Å². The number of nitrogen functional groups attached to an aromatic ring is 1. The third kappa shape index (κ3) is 2.24. The molecule has 0 bridgehead atoms. The van der Waals surface area contributed by atoms with E-state index in [1.165, 1.54) is 23.3 Å². The van der Waals surface area contributed by atoms with Crippen molar-refractivity contribution in [3.05, 3.63) is 39.2 Å². The van der Waals surface area contributed by atoms with E-state index in [-0.39, 0.29) is 0 Å². The Balaban J connectivity index is 1.91. The number of anilines is 1. The Morgan fingerprint density at radius 1 is 1.05 bits per heavy atom. The van der Waals surface area contributed by atoms with Crippen LogP contribution < -0.4 is 5.73 Å². The minimum Gasteiger partial charge on any atom is -0.383 e. The van der Waals surface area contributed by atoms with Gasteiger partial charge in [0.15, 0.2) is 5.82 Å². The lowest BCUT2D eigenvalue weighted by molar-refractivity contribution is 0.700. The fraction of sp³-hybridized carbons (Fsp3) is 0.250. The largest absolute Gasteiger partial charge is 0.383 e. The Morgan fingerprint density at radius 3 is 2.62 bits per heavy atom. The summed E-state index contributed by atoms with van der Waals surface area (Å²) in [6.07, 6.45) is 4.78. The number of nitrogens with two attached hydrogens (primary N) is 1. The van der Waals surface area contributed by atoms with Gasteiger partial charge in [-0.05, 0) is 43.4 Å². The molecule has 106 valence electrons. The van der Waals surface area contributed by atoms with Crippen LogP contribution in [0, 0.1) is 0 Å². The summed E-state index contributed by atoms with van der Waals surface area (Å²) >= 11 is 5.23. The van der Waals surface area contributed by atoms with Crippen LogP contribution in [-0.4, -0.2) is 9.97 Å². The number of aryl methyl sites for hydroxylation is 2. The molecule has 0 radical (unpaired) electrons. The number of thiophene rings is 1. The lowest BCUT2D eigenvalue weighted by Crippen LogP contribution is -2.01. The second kappa shape index (κ2) is 5.07. The molecule has 3 nitrogen and oxygen atoms in total. The Morgan fingerprint density at radius 2 is 1.81 bits per heavy atom. The number of fused-ring (bicyclic) bond motifs is 3. The predicted octanol–water partition coefficient (Wildman–Crippen LogP) is 4.58. The molecule has 2 N–H and O–H groups in total. The fourth-order valence-electron chi connectivity index (χ4n) is 2.91. The van der Waals surface area contributed by atoms with Gasteiger partial charge in [-0.25, -0.2) is 9.97 Å². The zero-order chi connectivity index (χ0) is 14.4. The fourth-order valence-corrected chi connectivity index (χ4v) is 4.45. The van der Waals surface area contributed by atoms with E-state index in [9.17, 15) is 0 Å². The summed E-state index contributed by atoms with van der Waals surface area (Å²) in [5.74, 6) is 1.34. The summed E-state index contributed by atoms with van der Waals surface area (Å²) < 4.78 is 1.05. The molecule has 21 heavy (non-hydrogen) atoms. The first-order valence-electron chi connectivity index (χ1n) is 7.06. The molecule has 0 unspecified atom stereocenters. The number of hydrogen-bond donors (Lipinski definition) is 1. The lowest BCUT2D eigenvalue weighted by Gasteiger charge is -2.10. The molecule has 4 rings (SSSR count). The van der Waals surface area contributed by atoms with Crippen molar-refractivity contribution in [2.75, 3.05) is 5.73 Å². The topological polar surface area (TPSA) is 51.8 Å². The second-order valence-electron chi connectivity index (χ2n) is 5.33. The van der Waals surface area contributed by atoms with Gasteiger partial charge in [-0.3, -0.25) is 0 Å². The average Bonchev–Trinajstić information content (AvgIpc) is 2.86. The zero-order valence-electron chi connectivity index (χ0n) is 11.4. The van der Waals surface area contributed by atoms with Gasteiger partial charge in [-0.15, -0.1) is 11.3 Å². The molecule has 0 atom stereocenters.